The summed E-state index contributed by atoms with van der Waals surface area (Å²) in [5.41, 5.74) is 0. The van der Waals surface area contributed by atoms with Gasteiger partial charge in [0.05, 0.1) is 13.0 Å². The van der Waals surface area contributed by atoms with Crippen molar-refractivity contribution in [3.8, 4) is 0 Å². The van der Waals surface area contributed by atoms with Gasteiger partial charge in [0.25, 0.3) is 0 Å². The normalized spacial score (nSPS) is 10.2. The largest absolute Gasteiger partial charge is 0.481 e. The molecule has 0 aromatic carbocycles. The van der Waals surface area contributed by atoms with Crippen LogP contribution in [0.1, 0.15) is 64.7 Å². The SMILES string of the molecule is CCCCCCCCC(=O)NCC(=O)CCC(=O)O. The molecule has 0 atom stereocenters. The van der Waals surface area contributed by atoms with Crippen LogP contribution < -0.4 is 5.32 Å². The van der Waals surface area contributed by atoms with E-state index in [2.05, 4.69) is 12.2 Å². The van der Waals surface area contributed by atoms with Gasteiger partial charge in [-0.3, -0.25) is 14.4 Å². The molecule has 1 amide bonds. The van der Waals surface area contributed by atoms with Gasteiger partial charge in [-0.2, -0.15) is 0 Å². The van der Waals surface area contributed by atoms with Gasteiger partial charge in [0.1, 0.15) is 0 Å². The molecular weight excluding hydrogens is 246 g/mol. The number of carboxylic acids is 1. The lowest BCUT2D eigenvalue weighted by Gasteiger charge is -2.04. The third-order valence-electron chi connectivity index (χ3n) is 2.86. The average Bonchev–Trinajstić information content (AvgIpc) is 2.38. The van der Waals surface area contributed by atoms with E-state index >= 15 is 0 Å². The highest BCUT2D eigenvalue weighted by atomic mass is 16.4. The molecule has 0 saturated heterocycles. The van der Waals surface area contributed by atoms with Crippen LogP contribution in [0.2, 0.25) is 0 Å². The van der Waals surface area contributed by atoms with Crippen LogP contribution in [0.4, 0.5) is 0 Å². The van der Waals surface area contributed by atoms with E-state index in [9.17, 15) is 14.4 Å². The topological polar surface area (TPSA) is 83.5 Å². The minimum absolute atomic E-state index is 0.0212. The van der Waals surface area contributed by atoms with E-state index in [1.54, 1.807) is 0 Å². The molecule has 0 aliphatic carbocycles. The number of nitrogens with one attached hydrogen (secondary N) is 1. The second-order valence-electron chi connectivity index (χ2n) is 4.73. The van der Waals surface area contributed by atoms with Crippen molar-refractivity contribution in [2.75, 3.05) is 6.54 Å². The fraction of sp³-hybridized carbons (Fsp3) is 0.786. The van der Waals surface area contributed by atoms with Crippen LogP contribution in [0.5, 0.6) is 0 Å². The standard InChI is InChI=1S/C14H25NO4/c1-2-3-4-5-6-7-8-13(17)15-11-12(16)9-10-14(18)19/h2-11H2,1H3,(H,15,17)(H,18,19). The van der Waals surface area contributed by atoms with Crippen LogP contribution in [-0.4, -0.2) is 29.3 Å². The first-order valence-corrected chi connectivity index (χ1v) is 7.06. The number of unbranched alkanes of at least 4 members (excludes halogenated alkanes) is 5. The van der Waals surface area contributed by atoms with Crippen LogP contribution in [-0.2, 0) is 14.4 Å². The molecule has 5 heteroatoms. The molecule has 0 saturated carbocycles. The first-order chi connectivity index (χ1) is 9.06. The molecule has 0 rings (SSSR count). The smallest absolute Gasteiger partial charge is 0.303 e. The number of carbonyl (C=O) groups is 3. The number of hydrogen-bond acceptors (Lipinski definition) is 3. The molecule has 0 bridgehead atoms. The Morgan fingerprint density at radius 3 is 2.16 bits per heavy atom. The number of carboxylic acid groups (broad SMARTS) is 1. The van der Waals surface area contributed by atoms with E-state index in [4.69, 9.17) is 5.11 Å². The van der Waals surface area contributed by atoms with Gasteiger partial charge in [0, 0.05) is 12.8 Å². The maximum atomic E-state index is 11.4. The minimum atomic E-state index is -0.994. The number of rotatable bonds is 12. The molecule has 2 N–H and O–H groups in total. The van der Waals surface area contributed by atoms with Crippen molar-refractivity contribution in [2.24, 2.45) is 0 Å². The Bertz CT molecular complexity index is 289. The Morgan fingerprint density at radius 1 is 0.895 bits per heavy atom. The van der Waals surface area contributed by atoms with Crippen molar-refractivity contribution in [3.63, 3.8) is 0 Å². The Morgan fingerprint density at radius 2 is 1.53 bits per heavy atom. The Balaban J connectivity index is 3.43. The predicted octanol–water partition coefficient (Wildman–Crippen LogP) is 2.29. The van der Waals surface area contributed by atoms with Crippen LogP contribution in [0.25, 0.3) is 0 Å². The number of ketones is 1. The number of aliphatic carboxylic acids is 1. The van der Waals surface area contributed by atoms with Gasteiger partial charge in [0.15, 0.2) is 5.78 Å². The summed E-state index contributed by atoms with van der Waals surface area (Å²) in [4.78, 5) is 32.9. The number of Topliss-reactive ketones (excluding diaryl/α,β-unsaturated/α-hetero) is 1. The molecule has 0 spiro atoms. The lowest BCUT2D eigenvalue weighted by Crippen LogP contribution is -2.29. The Labute approximate surface area is 114 Å². The summed E-state index contributed by atoms with van der Waals surface area (Å²) in [5, 5.41) is 10.9. The Kier molecular flexibility index (Phi) is 10.8. The maximum Gasteiger partial charge on any atom is 0.303 e. The first kappa shape index (κ1) is 17.6. The van der Waals surface area contributed by atoms with Gasteiger partial charge in [-0.25, -0.2) is 0 Å². The second kappa shape index (κ2) is 11.7. The third kappa shape index (κ3) is 12.9. The zero-order valence-corrected chi connectivity index (χ0v) is 11.7. The van der Waals surface area contributed by atoms with E-state index in [-0.39, 0.29) is 31.1 Å². The second-order valence-corrected chi connectivity index (χ2v) is 4.73. The van der Waals surface area contributed by atoms with E-state index < -0.39 is 5.97 Å². The maximum absolute atomic E-state index is 11.4. The Hall–Kier alpha value is -1.39. The molecule has 0 aromatic rings. The summed E-state index contributed by atoms with van der Waals surface area (Å²) in [5.74, 6) is -1.36. The number of amides is 1. The van der Waals surface area contributed by atoms with E-state index in [0.29, 0.717) is 6.42 Å². The monoisotopic (exact) mass is 271 g/mol. The van der Waals surface area contributed by atoms with Crippen molar-refractivity contribution in [1.29, 1.82) is 0 Å². The molecule has 0 heterocycles. The molecule has 110 valence electrons. The molecule has 0 aliphatic heterocycles. The predicted molar refractivity (Wildman–Crippen MR) is 72.9 cm³/mol. The summed E-state index contributed by atoms with van der Waals surface area (Å²) in [6.45, 7) is 2.11. The lowest BCUT2D eigenvalue weighted by molar-refractivity contribution is -0.138. The summed E-state index contributed by atoms with van der Waals surface area (Å²) in [6.07, 6.45) is 6.95. The van der Waals surface area contributed by atoms with Crippen LogP contribution in [0.3, 0.4) is 0 Å². The zero-order valence-electron chi connectivity index (χ0n) is 11.7. The number of hydrogen-bond donors (Lipinski definition) is 2. The summed E-state index contributed by atoms with van der Waals surface area (Å²) in [7, 11) is 0. The van der Waals surface area contributed by atoms with Crippen molar-refractivity contribution >= 4 is 17.7 Å². The van der Waals surface area contributed by atoms with Gasteiger partial charge in [-0.15, -0.1) is 0 Å². The van der Waals surface area contributed by atoms with E-state index in [0.717, 1.165) is 19.3 Å². The minimum Gasteiger partial charge on any atom is -0.481 e. The fourth-order valence-electron chi connectivity index (χ4n) is 1.69. The van der Waals surface area contributed by atoms with Gasteiger partial charge in [-0.1, -0.05) is 39.0 Å². The zero-order chi connectivity index (χ0) is 14.5. The molecule has 5 nitrogen and oxygen atoms in total. The summed E-state index contributed by atoms with van der Waals surface area (Å²) >= 11 is 0. The summed E-state index contributed by atoms with van der Waals surface area (Å²) in [6, 6.07) is 0. The quantitative estimate of drug-likeness (QED) is 0.533. The first-order valence-electron chi connectivity index (χ1n) is 7.06. The molecule has 0 aliphatic rings. The molecule has 0 radical (unpaired) electrons. The molecular formula is C14H25NO4. The highest BCUT2D eigenvalue weighted by molar-refractivity contribution is 5.87. The lowest BCUT2D eigenvalue weighted by atomic mass is 10.1. The van der Waals surface area contributed by atoms with Gasteiger partial charge in [-0.05, 0) is 6.42 Å². The van der Waals surface area contributed by atoms with Crippen molar-refractivity contribution in [3.05, 3.63) is 0 Å². The van der Waals surface area contributed by atoms with Crippen LogP contribution in [0, 0.1) is 0 Å². The van der Waals surface area contributed by atoms with Crippen LogP contribution in [0.15, 0.2) is 0 Å². The average molecular weight is 271 g/mol. The fourth-order valence-corrected chi connectivity index (χ4v) is 1.69. The van der Waals surface area contributed by atoms with Gasteiger partial charge in [0.2, 0.25) is 5.91 Å². The number of carbonyl (C=O) groups excluding carboxylic acids is 2. The van der Waals surface area contributed by atoms with Gasteiger partial charge < -0.3 is 10.4 Å². The van der Waals surface area contributed by atoms with E-state index in [1.165, 1.54) is 19.3 Å². The molecule has 0 unspecified atom stereocenters. The van der Waals surface area contributed by atoms with E-state index in [1.807, 2.05) is 0 Å². The molecule has 0 aromatic heterocycles. The molecule has 19 heavy (non-hydrogen) atoms. The summed E-state index contributed by atoms with van der Waals surface area (Å²) < 4.78 is 0. The highest BCUT2D eigenvalue weighted by Gasteiger charge is 2.07. The van der Waals surface area contributed by atoms with Crippen LogP contribution >= 0.6 is 0 Å². The van der Waals surface area contributed by atoms with Crippen molar-refractivity contribution < 1.29 is 19.5 Å². The third-order valence-corrected chi connectivity index (χ3v) is 2.86. The van der Waals surface area contributed by atoms with Crippen molar-refractivity contribution in [1.82, 2.24) is 5.32 Å². The van der Waals surface area contributed by atoms with Gasteiger partial charge >= 0.3 is 5.97 Å². The molecule has 0 fully saturated rings. The van der Waals surface area contributed by atoms with Crippen molar-refractivity contribution in [2.45, 2.75) is 64.7 Å². The highest BCUT2D eigenvalue weighted by Crippen LogP contribution is 2.06.